The van der Waals surface area contributed by atoms with Crippen LogP contribution in [0.1, 0.15) is 29.7 Å². The average Bonchev–Trinajstić information content (AvgIpc) is 3.25. The molecule has 0 bridgehead atoms. The minimum absolute atomic E-state index is 0.0111. The summed E-state index contributed by atoms with van der Waals surface area (Å²) >= 11 is 7.64. The number of likely N-dealkylation sites (tertiary alicyclic amines) is 1. The molecule has 1 aromatic heterocycles. The van der Waals surface area contributed by atoms with Gasteiger partial charge in [0.2, 0.25) is 0 Å². The summed E-state index contributed by atoms with van der Waals surface area (Å²) in [6.45, 7) is 2.82. The van der Waals surface area contributed by atoms with E-state index < -0.39 is 42.3 Å². The number of rotatable bonds is 16. The first-order valence-corrected chi connectivity index (χ1v) is 24.2. The van der Waals surface area contributed by atoms with Crippen molar-refractivity contribution >= 4 is 55.7 Å². The van der Waals surface area contributed by atoms with E-state index in [1.807, 2.05) is 90.6 Å². The highest BCUT2D eigenvalue weighted by atomic mass is 35.5. The predicted molar refractivity (Wildman–Crippen MR) is 239 cm³/mol. The number of thioether (sulfide) groups is 1. The van der Waals surface area contributed by atoms with Gasteiger partial charge in [-0.05, 0) is 99.1 Å². The standard InChI is InChI=1S/C44H48ClF4N7O3S3/c1-54(2)21-18-33(28-60-34-9-4-3-5-10-34)52-39-17-16-35(24-42(39)61(57)44(47,48)49)62(58,59)53-43-37-19-23-56(27-40(37)50-29-51-43)41-20-22-55(26-38(41)46)25-31-8-6-7-11-36(31)30-12-14-32(45)15-13-30/h3-17,24,29,33,38,41,52H,18-23,25-28H2,1-2H3,(H,50,51,53)/t33-,38?,41?,61?/m1/s1. The molecule has 4 aromatic carbocycles. The molecule has 62 heavy (non-hydrogen) atoms. The monoisotopic (exact) mass is 929 g/mol. The molecule has 0 aliphatic carbocycles. The van der Waals surface area contributed by atoms with Crippen LogP contribution in [-0.4, -0.2) is 107 Å². The van der Waals surface area contributed by atoms with E-state index in [1.165, 1.54) is 30.2 Å². The van der Waals surface area contributed by atoms with Crippen molar-refractivity contribution in [2.75, 3.05) is 56.1 Å². The number of benzene rings is 4. The number of alkyl halides is 4. The minimum atomic E-state index is -5.15. The highest BCUT2D eigenvalue weighted by Crippen LogP contribution is 2.36. The van der Waals surface area contributed by atoms with Gasteiger partial charge in [-0.3, -0.25) is 14.5 Å². The van der Waals surface area contributed by atoms with Crippen LogP contribution in [0.25, 0.3) is 11.1 Å². The lowest BCUT2D eigenvalue weighted by Gasteiger charge is -2.42. The summed E-state index contributed by atoms with van der Waals surface area (Å²) < 4.78 is 101. The molecular weight excluding hydrogens is 882 g/mol. The van der Waals surface area contributed by atoms with Crippen LogP contribution in [0, 0.1) is 0 Å². The summed E-state index contributed by atoms with van der Waals surface area (Å²) in [7, 11) is -4.30. The summed E-state index contributed by atoms with van der Waals surface area (Å²) in [5.41, 5.74) is -0.970. The highest BCUT2D eigenvalue weighted by molar-refractivity contribution is 7.99. The third-order valence-electron chi connectivity index (χ3n) is 11.0. The lowest BCUT2D eigenvalue weighted by molar-refractivity contribution is -0.0384. The smallest absolute Gasteiger partial charge is 0.380 e. The van der Waals surface area contributed by atoms with Crippen molar-refractivity contribution in [2.24, 2.45) is 0 Å². The first-order valence-electron chi connectivity index (χ1n) is 20.2. The first kappa shape index (κ1) is 45.9. The molecule has 1 saturated heterocycles. The van der Waals surface area contributed by atoms with E-state index in [2.05, 4.69) is 37.0 Å². The van der Waals surface area contributed by atoms with Gasteiger partial charge in [0.05, 0.1) is 21.2 Å². The quantitative estimate of drug-likeness (QED) is 0.0737. The molecule has 5 aromatic rings. The van der Waals surface area contributed by atoms with Crippen LogP contribution in [0.5, 0.6) is 0 Å². The minimum Gasteiger partial charge on any atom is -0.380 e. The third-order valence-corrected chi connectivity index (χ3v) is 15.0. The van der Waals surface area contributed by atoms with Crippen molar-refractivity contribution in [3.63, 3.8) is 0 Å². The Labute approximate surface area is 372 Å². The van der Waals surface area contributed by atoms with Gasteiger partial charge in [0.15, 0.2) is 10.8 Å². The number of sulfonamides is 1. The van der Waals surface area contributed by atoms with Gasteiger partial charge in [-0.25, -0.2) is 27.0 Å². The maximum Gasteiger partial charge on any atom is 0.475 e. The number of piperidine rings is 1. The van der Waals surface area contributed by atoms with E-state index in [1.54, 1.807) is 0 Å². The molecule has 18 heteroatoms. The number of hydrogen-bond acceptors (Lipinski definition) is 10. The molecule has 0 saturated carbocycles. The van der Waals surface area contributed by atoms with Gasteiger partial charge in [-0.1, -0.05) is 66.2 Å². The summed E-state index contributed by atoms with van der Waals surface area (Å²) in [5.74, 6) is 0.475. The molecule has 10 nitrogen and oxygen atoms in total. The van der Waals surface area contributed by atoms with E-state index in [4.69, 9.17) is 11.6 Å². The van der Waals surface area contributed by atoms with Crippen LogP contribution in [0.4, 0.5) is 29.1 Å². The third kappa shape index (κ3) is 11.5. The first-order chi connectivity index (χ1) is 29.6. The second-order valence-electron chi connectivity index (χ2n) is 15.7. The van der Waals surface area contributed by atoms with Gasteiger partial charge in [0, 0.05) is 66.0 Å². The van der Waals surface area contributed by atoms with Crippen LogP contribution in [-0.2, 0) is 40.3 Å². The molecule has 330 valence electrons. The van der Waals surface area contributed by atoms with E-state index in [-0.39, 0.29) is 36.7 Å². The lowest BCUT2D eigenvalue weighted by Crippen LogP contribution is -2.53. The van der Waals surface area contributed by atoms with Crippen molar-refractivity contribution in [3.05, 3.63) is 125 Å². The maximum absolute atomic E-state index is 16.0. The molecule has 3 heterocycles. The van der Waals surface area contributed by atoms with Gasteiger partial charge in [-0.2, -0.15) is 13.2 Å². The van der Waals surface area contributed by atoms with Gasteiger partial charge in [-0.15, -0.1) is 11.8 Å². The second-order valence-corrected chi connectivity index (χ2v) is 20.3. The van der Waals surface area contributed by atoms with Crippen LogP contribution in [0.2, 0.25) is 5.02 Å². The fourth-order valence-corrected chi connectivity index (χ4v) is 10.9. The number of halogens is 5. The molecule has 3 unspecified atom stereocenters. The molecule has 2 N–H and O–H groups in total. The highest BCUT2D eigenvalue weighted by Gasteiger charge is 2.40. The summed E-state index contributed by atoms with van der Waals surface area (Å²) in [6, 6.07) is 27.8. The Balaban J connectivity index is 1.04. The molecule has 0 amide bonds. The Kier molecular flexibility index (Phi) is 14.9. The largest absolute Gasteiger partial charge is 0.475 e. The van der Waals surface area contributed by atoms with E-state index in [9.17, 15) is 25.8 Å². The summed E-state index contributed by atoms with van der Waals surface area (Å²) in [4.78, 5) is 14.5. The van der Waals surface area contributed by atoms with E-state index >= 15 is 4.39 Å². The van der Waals surface area contributed by atoms with Gasteiger partial charge >= 0.3 is 5.51 Å². The number of anilines is 2. The number of aromatic nitrogens is 2. The van der Waals surface area contributed by atoms with Crippen molar-refractivity contribution in [2.45, 2.75) is 70.8 Å². The summed E-state index contributed by atoms with van der Waals surface area (Å²) in [6.07, 6.45) is 1.52. The Morgan fingerprint density at radius 3 is 2.45 bits per heavy atom. The number of nitrogens with zero attached hydrogens (tertiary/aromatic N) is 5. The van der Waals surface area contributed by atoms with E-state index in [0.717, 1.165) is 27.7 Å². The van der Waals surface area contributed by atoms with Crippen LogP contribution in [0.15, 0.2) is 118 Å². The van der Waals surface area contributed by atoms with Crippen molar-refractivity contribution in [3.8, 4) is 11.1 Å². The molecule has 2 aliphatic rings. The Bertz CT molecular complexity index is 2450. The van der Waals surface area contributed by atoms with Crippen LogP contribution < -0.4 is 10.0 Å². The molecule has 7 rings (SSSR count). The zero-order valence-electron chi connectivity index (χ0n) is 34.2. The molecule has 0 spiro atoms. The SMILES string of the molecule is CN(C)CC[C@H](CSc1ccccc1)Nc1ccc(S(=O)(=O)Nc2ncnc3c2CCN(C2CCN(Cc4ccccc4-c4ccc(Cl)cc4)CC2F)C3)cc1S(=O)C(F)(F)F. The Morgan fingerprint density at radius 1 is 0.984 bits per heavy atom. The van der Waals surface area contributed by atoms with Gasteiger partial charge in [0.25, 0.3) is 10.0 Å². The fraction of sp³-hybridized carbons (Fsp3) is 0.364. The predicted octanol–water partition coefficient (Wildman–Crippen LogP) is 8.72. The van der Waals surface area contributed by atoms with Crippen molar-refractivity contribution in [1.29, 1.82) is 0 Å². The summed E-state index contributed by atoms with van der Waals surface area (Å²) in [5, 5.41) is 3.79. The molecule has 0 radical (unpaired) electrons. The number of nitrogens with one attached hydrogen (secondary N) is 2. The van der Waals surface area contributed by atoms with Crippen molar-refractivity contribution < 1.29 is 30.2 Å². The zero-order chi connectivity index (χ0) is 44.0. The van der Waals surface area contributed by atoms with Gasteiger partial charge < -0.3 is 10.2 Å². The fourth-order valence-electron chi connectivity index (χ4n) is 7.86. The van der Waals surface area contributed by atoms with E-state index in [0.29, 0.717) is 67.5 Å². The molecule has 1 fully saturated rings. The van der Waals surface area contributed by atoms with Crippen molar-refractivity contribution in [1.82, 2.24) is 24.7 Å². The topological polar surface area (TPSA) is 111 Å². The average molecular weight is 931 g/mol. The molecule has 4 atom stereocenters. The zero-order valence-corrected chi connectivity index (χ0v) is 37.4. The maximum atomic E-state index is 16.0. The molecular formula is C44H48ClF4N7O3S3. The van der Waals surface area contributed by atoms with Crippen LogP contribution in [0.3, 0.4) is 0 Å². The van der Waals surface area contributed by atoms with Crippen LogP contribution >= 0.6 is 23.4 Å². The molecule has 2 aliphatic heterocycles. The number of hydrogen-bond donors (Lipinski definition) is 2. The van der Waals surface area contributed by atoms with Gasteiger partial charge in [0.1, 0.15) is 18.3 Å². The lowest BCUT2D eigenvalue weighted by atomic mass is 9.95. The normalized spacial score (nSPS) is 18.6. The number of fused-ring (bicyclic) bond motifs is 1. The Hall–Kier alpha value is -4.10. The Morgan fingerprint density at radius 2 is 1.73 bits per heavy atom. The second kappa shape index (κ2) is 20.2.